The number of hydrogen-bond acceptors (Lipinski definition) is 8. The van der Waals surface area contributed by atoms with E-state index in [4.69, 9.17) is 23.7 Å². The summed E-state index contributed by atoms with van der Waals surface area (Å²) >= 11 is 0. The maximum atomic E-state index is 13.4. The molecule has 0 aromatic rings. The zero-order chi connectivity index (χ0) is 21.7. The van der Waals surface area contributed by atoms with Gasteiger partial charge in [0.05, 0.1) is 66.0 Å². The zero-order valence-electron chi connectivity index (χ0n) is 17.2. The quantitative estimate of drug-likeness (QED) is 0.245. The summed E-state index contributed by atoms with van der Waals surface area (Å²) in [6, 6.07) is 0. The zero-order valence-corrected chi connectivity index (χ0v) is 17.2. The van der Waals surface area contributed by atoms with E-state index in [-0.39, 0.29) is 32.1 Å². The van der Waals surface area contributed by atoms with Gasteiger partial charge >= 0.3 is 0 Å². The highest BCUT2D eigenvalue weighted by Gasteiger charge is 2.16. The first-order chi connectivity index (χ1) is 13.9. The summed E-state index contributed by atoms with van der Waals surface area (Å²) in [6.07, 6.45) is -1.78. The van der Waals surface area contributed by atoms with Crippen molar-refractivity contribution < 1.29 is 42.5 Å². The molecule has 1 unspecified atom stereocenters. The van der Waals surface area contributed by atoms with Crippen LogP contribution < -0.4 is 10.6 Å². The Labute approximate surface area is 170 Å². The molecule has 0 aliphatic carbocycles. The predicted octanol–water partition coefficient (Wildman–Crippen LogP) is -0.751. The molecular weight excluding hydrogens is 391 g/mol. The van der Waals surface area contributed by atoms with Gasteiger partial charge in [-0.2, -0.15) is 0 Å². The normalized spacial score (nSPS) is 11.8. The Balaban J connectivity index is 3.23. The van der Waals surface area contributed by atoms with Crippen LogP contribution in [0, 0.1) is 0 Å². The van der Waals surface area contributed by atoms with Gasteiger partial charge in [-0.3, -0.25) is 14.4 Å². The van der Waals surface area contributed by atoms with Crippen LogP contribution in [0.25, 0.3) is 0 Å². The van der Waals surface area contributed by atoms with Gasteiger partial charge in [0.15, 0.2) is 12.0 Å². The van der Waals surface area contributed by atoms with Gasteiger partial charge in [-0.1, -0.05) is 0 Å². The molecular formula is C18H33FN2O8. The topological polar surface area (TPSA) is 121 Å². The number of carbonyl (C=O) groups is 3. The number of nitrogens with one attached hydrogen (secondary N) is 2. The van der Waals surface area contributed by atoms with E-state index >= 15 is 0 Å². The summed E-state index contributed by atoms with van der Waals surface area (Å²) in [5.41, 5.74) is 0. The third-order valence-electron chi connectivity index (χ3n) is 3.15. The van der Waals surface area contributed by atoms with Gasteiger partial charge in [-0.25, -0.2) is 4.39 Å². The fourth-order valence-electron chi connectivity index (χ4n) is 1.78. The van der Waals surface area contributed by atoms with Crippen LogP contribution in [-0.2, 0) is 38.1 Å². The average Bonchev–Trinajstić information content (AvgIpc) is 2.67. The molecule has 29 heavy (non-hydrogen) atoms. The summed E-state index contributed by atoms with van der Waals surface area (Å²) in [6.45, 7) is 6.06. The van der Waals surface area contributed by atoms with E-state index in [9.17, 15) is 18.8 Å². The Kier molecular flexibility index (Phi) is 18.5. The minimum atomic E-state index is -1.78. The molecule has 0 bridgehead atoms. The van der Waals surface area contributed by atoms with E-state index in [1.807, 2.05) is 0 Å². The minimum absolute atomic E-state index is 0.0179. The second-order valence-corrected chi connectivity index (χ2v) is 5.90. The molecule has 0 radical (unpaired) electrons. The summed E-state index contributed by atoms with van der Waals surface area (Å²) < 4.78 is 39.5. The Morgan fingerprint density at radius 1 is 0.724 bits per heavy atom. The van der Waals surface area contributed by atoms with E-state index < -0.39 is 18.0 Å². The molecule has 1 atom stereocenters. The van der Waals surface area contributed by atoms with Gasteiger partial charge in [0.2, 0.25) is 5.91 Å². The number of ether oxygens (including phenoxy) is 5. The third kappa shape index (κ3) is 20.9. The first-order valence-electron chi connectivity index (χ1n) is 9.47. The van der Waals surface area contributed by atoms with E-state index in [0.717, 1.165) is 0 Å². The monoisotopic (exact) mass is 424 g/mol. The second-order valence-electron chi connectivity index (χ2n) is 5.90. The van der Waals surface area contributed by atoms with Gasteiger partial charge in [0, 0.05) is 13.5 Å². The molecule has 0 saturated heterocycles. The number of rotatable bonds is 20. The van der Waals surface area contributed by atoms with Crippen molar-refractivity contribution in [3.8, 4) is 0 Å². The molecule has 2 amide bonds. The molecule has 11 heteroatoms. The van der Waals surface area contributed by atoms with Crippen molar-refractivity contribution in [1.29, 1.82) is 0 Å². The van der Waals surface area contributed by atoms with Gasteiger partial charge in [0.1, 0.15) is 6.61 Å². The van der Waals surface area contributed by atoms with Crippen LogP contribution >= 0.6 is 0 Å². The molecule has 0 aliphatic heterocycles. The van der Waals surface area contributed by atoms with Crippen molar-refractivity contribution in [1.82, 2.24) is 10.6 Å². The van der Waals surface area contributed by atoms with Gasteiger partial charge < -0.3 is 34.3 Å². The summed E-state index contributed by atoms with van der Waals surface area (Å²) in [7, 11) is 0. The molecule has 0 spiro atoms. The number of carbonyl (C=O) groups excluding carboxylic acids is 3. The molecule has 2 N–H and O–H groups in total. The first kappa shape index (κ1) is 27.3. The number of alkyl halides is 1. The maximum Gasteiger partial charge on any atom is 0.256 e. The van der Waals surface area contributed by atoms with E-state index in [1.165, 1.54) is 13.8 Å². The number of Topliss-reactive ketones (excluding diaryl/α,β-unsaturated/α-hetero) is 1. The highest BCUT2D eigenvalue weighted by Crippen LogP contribution is 1.89. The predicted molar refractivity (Wildman–Crippen MR) is 101 cm³/mol. The molecule has 0 rings (SSSR count). The summed E-state index contributed by atoms with van der Waals surface area (Å²) in [5.74, 6) is -1.20. The van der Waals surface area contributed by atoms with Crippen LogP contribution in [0.2, 0.25) is 0 Å². The largest absolute Gasteiger partial charge is 0.377 e. The lowest BCUT2D eigenvalue weighted by atomic mass is 10.3. The van der Waals surface area contributed by atoms with Crippen molar-refractivity contribution in [3.05, 3.63) is 0 Å². The fourth-order valence-corrected chi connectivity index (χ4v) is 1.78. The Bertz CT molecular complexity index is 454. The Morgan fingerprint density at radius 2 is 1.17 bits per heavy atom. The van der Waals surface area contributed by atoms with Crippen molar-refractivity contribution >= 4 is 17.6 Å². The molecule has 0 aromatic carbocycles. The molecule has 170 valence electrons. The smallest absolute Gasteiger partial charge is 0.256 e. The lowest BCUT2D eigenvalue weighted by Gasteiger charge is -2.10. The SMILES string of the molecule is CC(=O)COCCOCCOCCOCCOCCNC(=O)C(F)CNC(C)=O. The van der Waals surface area contributed by atoms with Crippen LogP contribution in [-0.4, -0.2) is 103 Å². The third-order valence-corrected chi connectivity index (χ3v) is 3.15. The van der Waals surface area contributed by atoms with Crippen molar-refractivity contribution in [2.45, 2.75) is 20.0 Å². The number of hydrogen-bond donors (Lipinski definition) is 2. The first-order valence-corrected chi connectivity index (χ1v) is 9.47. The van der Waals surface area contributed by atoms with E-state index in [1.54, 1.807) is 0 Å². The molecule has 0 fully saturated rings. The minimum Gasteiger partial charge on any atom is -0.377 e. The van der Waals surface area contributed by atoms with Gasteiger partial charge in [-0.05, 0) is 6.92 Å². The van der Waals surface area contributed by atoms with Crippen molar-refractivity contribution in [2.75, 3.05) is 79.2 Å². The highest BCUT2D eigenvalue weighted by atomic mass is 19.1. The summed E-state index contributed by atoms with van der Waals surface area (Å²) in [5, 5.41) is 4.60. The summed E-state index contributed by atoms with van der Waals surface area (Å²) in [4.78, 5) is 32.6. The fraction of sp³-hybridized carbons (Fsp3) is 0.833. The van der Waals surface area contributed by atoms with Gasteiger partial charge in [0.25, 0.3) is 5.91 Å². The number of amides is 2. The highest BCUT2D eigenvalue weighted by molar-refractivity contribution is 5.82. The maximum absolute atomic E-state index is 13.4. The van der Waals surface area contributed by atoms with Crippen molar-refractivity contribution in [3.63, 3.8) is 0 Å². The van der Waals surface area contributed by atoms with Crippen LogP contribution in [0.3, 0.4) is 0 Å². The molecule has 0 aliphatic rings. The standard InChI is InChI=1S/C18H33FN2O8/c1-15(22)14-29-12-11-28-10-9-27-8-7-26-6-5-25-4-3-20-18(24)17(19)13-21-16(2)23/h17H,3-14H2,1-2H3,(H,20,24)(H,21,23). The number of halogens is 1. The van der Waals surface area contributed by atoms with E-state index in [0.29, 0.717) is 52.9 Å². The van der Waals surface area contributed by atoms with E-state index in [2.05, 4.69) is 10.6 Å². The molecule has 0 aromatic heterocycles. The molecule has 0 saturated carbocycles. The Hall–Kier alpha value is -1.66. The number of ketones is 1. The van der Waals surface area contributed by atoms with Gasteiger partial charge in [-0.15, -0.1) is 0 Å². The lowest BCUT2D eigenvalue weighted by molar-refractivity contribution is -0.126. The van der Waals surface area contributed by atoms with Crippen LogP contribution in [0.1, 0.15) is 13.8 Å². The average molecular weight is 424 g/mol. The van der Waals surface area contributed by atoms with Crippen molar-refractivity contribution in [2.24, 2.45) is 0 Å². The van der Waals surface area contributed by atoms with Crippen LogP contribution in [0.15, 0.2) is 0 Å². The van der Waals surface area contributed by atoms with Crippen LogP contribution in [0.5, 0.6) is 0 Å². The van der Waals surface area contributed by atoms with Crippen LogP contribution in [0.4, 0.5) is 4.39 Å². The molecule has 0 heterocycles. The second kappa shape index (κ2) is 19.6. The Morgan fingerprint density at radius 3 is 1.62 bits per heavy atom. The lowest BCUT2D eigenvalue weighted by Crippen LogP contribution is -2.40. The molecule has 10 nitrogen and oxygen atoms in total.